The SMILES string of the molecule is COc1ccccc1OCC(=O)N/N=C/c1ccc(N2CCCC2)o1. The summed E-state index contributed by atoms with van der Waals surface area (Å²) in [5.41, 5.74) is 2.41. The number of carbonyl (C=O) groups is 1. The van der Waals surface area contributed by atoms with Crippen LogP contribution in [0.2, 0.25) is 0 Å². The third-order valence-corrected chi connectivity index (χ3v) is 3.84. The predicted octanol–water partition coefficient (Wildman–Crippen LogP) is 2.42. The van der Waals surface area contributed by atoms with E-state index in [0.29, 0.717) is 17.3 Å². The number of anilines is 1. The molecule has 0 radical (unpaired) electrons. The number of hydrogen-bond acceptors (Lipinski definition) is 6. The molecule has 0 aliphatic carbocycles. The highest BCUT2D eigenvalue weighted by molar-refractivity contribution is 5.81. The van der Waals surface area contributed by atoms with Gasteiger partial charge in [-0.15, -0.1) is 0 Å². The quantitative estimate of drug-likeness (QED) is 0.617. The maximum absolute atomic E-state index is 11.8. The second-order valence-corrected chi connectivity index (χ2v) is 5.60. The lowest BCUT2D eigenvalue weighted by Gasteiger charge is -2.12. The fourth-order valence-electron chi connectivity index (χ4n) is 2.60. The molecule has 2 heterocycles. The monoisotopic (exact) mass is 343 g/mol. The number of benzene rings is 1. The Labute approximate surface area is 146 Å². The Bertz CT molecular complexity index is 735. The molecule has 1 aromatic carbocycles. The zero-order chi connectivity index (χ0) is 17.5. The van der Waals surface area contributed by atoms with Crippen LogP contribution in [0.25, 0.3) is 0 Å². The molecule has 2 aromatic rings. The molecule has 0 bridgehead atoms. The number of furan rings is 1. The van der Waals surface area contributed by atoms with E-state index in [1.165, 1.54) is 19.1 Å². The molecule has 7 heteroatoms. The van der Waals surface area contributed by atoms with E-state index in [1.807, 2.05) is 24.3 Å². The van der Waals surface area contributed by atoms with Crippen LogP contribution in [0.4, 0.5) is 5.88 Å². The van der Waals surface area contributed by atoms with E-state index in [-0.39, 0.29) is 12.5 Å². The molecule has 0 spiro atoms. The van der Waals surface area contributed by atoms with Crippen molar-refractivity contribution in [1.29, 1.82) is 0 Å². The lowest BCUT2D eigenvalue weighted by molar-refractivity contribution is -0.123. The lowest BCUT2D eigenvalue weighted by Crippen LogP contribution is -2.24. The average Bonchev–Trinajstić information content (AvgIpc) is 3.31. The summed E-state index contributed by atoms with van der Waals surface area (Å²) in [4.78, 5) is 14.0. The number of carbonyl (C=O) groups excluding carboxylic acids is 1. The molecule has 0 saturated carbocycles. The van der Waals surface area contributed by atoms with Crippen molar-refractivity contribution in [3.8, 4) is 11.5 Å². The van der Waals surface area contributed by atoms with Crippen LogP contribution in [-0.2, 0) is 4.79 Å². The van der Waals surface area contributed by atoms with Gasteiger partial charge in [0.05, 0.1) is 13.3 Å². The van der Waals surface area contributed by atoms with Gasteiger partial charge in [0.25, 0.3) is 5.91 Å². The lowest BCUT2D eigenvalue weighted by atomic mass is 10.3. The van der Waals surface area contributed by atoms with Crippen molar-refractivity contribution in [2.45, 2.75) is 12.8 Å². The molecule has 1 aliphatic heterocycles. The molecule has 7 nitrogen and oxygen atoms in total. The maximum Gasteiger partial charge on any atom is 0.277 e. The van der Waals surface area contributed by atoms with E-state index in [2.05, 4.69) is 15.4 Å². The molecule has 1 amide bonds. The second-order valence-electron chi connectivity index (χ2n) is 5.60. The van der Waals surface area contributed by atoms with E-state index in [1.54, 1.807) is 19.2 Å². The minimum Gasteiger partial charge on any atom is -0.493 e. The van der Waals surface area contributed by atoms with Crippen molar-refractivity contribution in [3.05, 3.63) is 42.2 Å². The Kier molecular flexibility index (Phi) is 5.56. The first-order valence-corrected chi connectivity index (χ1v) is 8.19. The van der Waals surface area contributed by atoms with Crippen LogP contribution in [0.5, 0.6) is 11.5 Å². The van der Waals surface area contributed by atoms with E-state index >= 15 is 0 Å². The molecule has 1 saturated heterocycles. The van der Waals surface area contributed by atoms with Crippen molar-refractivity contribution in [3.63, 3.8) is 0 Å². The van der Waals surface area contributed by atoms with Gasteiger partial charge in [0.1, 0.15) is 5.76 Å². The number of ether oxygens (including phenoxy) is 2. The maximum atomic E-state index is 11.8. The standard InChI is InChI=1S/C18H21N3O4/c1-23-15-6-2-3-7-16(15)24-13-17(22)20-19-12-14-8-9-18(25-14)21-10-4-5-11-21/h2-3,6-9,12H,4-5,10-11,13H2,1H3,(H,20,22)/b19-12+. The van der Waals surface area contributed by atoms with Gasteiger partial charge < -0.3 is 18.8 Å². The van der Waals surface area contributed by atoms with E-state index in [0.717, 1.165) is 19.0 Å². The van der Waals surface area contributed by atoms with Gasteiger partial charge in [-0.05, 0) is 31.0 Å². The first kappa shape index (κ1) is 16.9. The Morgan fingerprint density at radius 3 is 2.76 bits per heavy atom. The van der Waals surface area contributed by atoms with Crippen LogP contribution in [0.1, 0.15) is 18.6 Å². The number of rotatable bonds is 7. The Balaban J connectivity index is 1.46. The summed E-state index contributed by atoms with van der Waals surface area (Å²) in [7, 11) is 1.55. The zero-order valence-corrected chi connectivity index (χ0v) is 14.1. The Morgan fingerprint density at radius 1 is 1.24 bits per heavy atom. The largest absolute Gasteiger partial charge is 0.493 e. The van der Waals surface area contributed by atoms with Crippen LogP contribution in [0, 0.1) is 0 Å². The van der Waals surface area contributed by atoms with Gasteiger partial charge in [-0.2, -0.15) is 5.10 Å². The second kappa shape index (κ2) is 8.23. The van der Waals surface area contributed by atoms with Gasteiger partial charge in [-0.1, -0.05) is 12.1 Å². The third-order valence-electron chi connectivity index (χ3n) is 3.84. The number of amides is 1. The smallest absolute Gasteiger partial charge is 0.277 e. The number of nitrogens with one attached hydrogen (secondary N) is 1. The molecule has 1 aromatic heterocycles. The molecule has 132 valence electrons. The Morgan fingerprint density at radius 2 is 2.00 bits per heavy atom. The third kappa shape index (κ3) is 4.53. The highest BCUT2D eigenvalue weighted by Gasteiger charge is 2.15. The van der Waals surface area contributed by atoms with Gasteiger partial charge in [-0.3, -0.25) is 4.79 Å². The number of hydrogen-bond donors (Lipinski definition) is 1. The Hall–Kier alpha value is -2.96. The minimum absolute atomic E-state index is 0.158. The van der Waals surface area contributed by atoms with Gasteiger partial charge in [-0.25, -0.2) is 5.43 Å². The van der Waals surface area contributed by atoms with Crippen LogP contribution in [-0.4, -0.2) is 38.9 Å². The summed E-state index contributed by atoms with van der Waals surface area (Å²) in [6.45, 7) is 1.87. The summed E-state index contributed by atoms with van der Waals surface area (Å²) >= 11 is 0. The number of hydrazone groups is 1. The van der Waals surface area contributed by atoms with Gasteiger partial charge >= 0.3 is 0 Å². The summed E-state index contributed by atoms with van der Waals surface area (Å²) in [6, 6.07) is 10.9. The van der Waals surface area contributed by atoms with Crippen molar-refractivity contribution in [2.75, 3.05) is 31.7 Å². The molecule has 1 N–H and O–H groups in total. The summed E-state index contributed by atoms with van der Waals surface area (Å²) in [6.07, 6.45) is 3.85. The normalized spacial score (nSPS) is 14.0. The summed E-state index contributed by atoms with van der Waals surface area (Å²) in [5, 5.41) is 3.89. The first-order valence-electron chi connectivity index (χ1n) is 8.19. The minimum atomic E-state index is -0.367. The predicted molar refractivity (Wildman–Crippen MR) is 94.4 cm³/mol. The van der Waals surface area contributed by atoms with Crippen molar-refractivity contribution >= 4 is 18.0 Å². The van der Waals surface area contributed by atoms with Crippen molar-refractivity contribution in [2.24, 2.45) is 5.10 Å². The summed E-state index contributed by atoms with van der Waals surface area (Å²) < 4.78 is 16.3. The topological polar surface area (TPSA) is 76.3 Å². The zero-order valence-electron chi connectivity index (χ0n) is 14.1. The van der Waals surface area contributed by atoms with E-state index < -0.39 is 0 Å². The first-order chi connectivity index (χ1) is 12.3. The van der Waals surface area contributed by atoms with Gasteiger partial charge in [0.15, 0.2) is 24.0 Å². The molecule has 0 atom stereocenters. The number of para-hydroxylation sites is 2. The molecule has 1 aliphatic rings. The fourth-order valence-corrected chi connectivity index (χ4v) is 2.60. The van der Waals surface area contributed by atoms with E-state index in [9.17, 15) is 4.79 Å². The molecular weight excluding hydrogens is 322 g/mol. The summed E-state index contributed by atoms with van der Waals surface area (Å²) in [5.74, 6) is 2.14. The van der Waals surface area contributed by atoms with Crippen LogP contribution in [0.15, 0.2) is 45.9 Å². The molecule has 3 rings (SSSR count). The van der Waals surface area contributed by atoms with Crippen LogP contribution < -0.4 is 19.8 Å². The molecule has 0 unspecified atom stereocenters. The molecule has 1 fully saturated rings. The van der Waals surface area contributed by atoms with Crippen molar-refractivity contribution < 1.29 is 18.7 Å². The van der Waals surface area contributed by atoms with Crippen LogP contribution >= 0.6 is 0 Å². The molecular formula is C18H21N3O4. The number of nitrogens with zero attached hydrogens (tertiary/aromatic N) is 2. The highest BCUT2D eigenvalue weighted by atomic mass is 16.5. The van der Waals surface area contributed by atoms with Crippen molar-refractivity contribution in [1.82, 2.24) is 5.43 Å². The van der Waals surface area contributed by atoms with E-state index in [4.69, 9.17) is 13.9 Å². The average molecular weight is 343 g/mol. The van der Waals surface area contributed by atoms with Gasteiger partial charge in [0, 0.05) is 19.2 Å². The fraction of sp³-hybridized carbons (Fsp3) is 0.333. The molecule has 25 heavy (non-hydrogen) atoms. The van der Waals surface area contributed by atoms with Gasteiger partial charge in [0.2, 0.25) is 0 Å². The van der Waals surface area contributed by atoms with Crippen LogP contribution in [0.3, 0.4) is 0 Å². The number of methoxy groups -OCH3 is 1. The highest BCUT2D eigenvalue weighted by Crippen LogP contribution is 2.25.